The van der Waals surface area contributed by atoms with Crippen LogP contribution >= 0.6 is 11.3 Å². The molecule has 1 aromatic heterocycles. The summed E-state index contributed by atoms with van der Waals surface area (Å²) in [4.78, 5) is 16.0. The monoisotopic (exact) mass is 381 g/mol. The van der Waals surface area contributed by atoms with Crippen molar-refractivity contribution in [3.8, 4) is 0 Å². The van der Waals surface area contributed by atoms with E-state index in [1.54, 1.807) is 0 Å². The number of allylic oxidation sites excluding steroid dienone is 1. The van der Waals surface area contributed by atoms with E-state index in [1.165, 1.54) is 47.4 Å². The minimum Gasteiger partial charge on any atom is -0.367 e. The van der Waals surface area contributed by atoms with Gasteiger partial charge in [-0.3, -0.25) is 0 Å². The first-order chi connectivity index (χ1) is 13.3. The summed E-state index contributed by atoms with van der Waals surface area (Å²) in [6, 6.07) is 10.3. The van der Waals surface area contributed by atoms with E-state index in [9.17, 15) is 4.79 Å². The van der Waals surface area contributed by atoms with Gasteiger partial charge in [0.05, 0.1) is 0 Å². The number of thiophene rings is 1. The first kappa shape index (κ1) is 18.1. The minimum absolute atomic E-state index is 0.125. The average molecular weight is 382 g/mol. The molecule has 4 rings (SSSR count). The second kappa shape index (κ2) is 8.61. The van der Waals surface area contributed by atoms with Crippen LogP contribution in [0.1, 0.15) is 42.5 Å². The number of nitrogens with zero attached hydrogens (tertiary/aromatic N) is 1. The van der Waals surface area contributed by atoms with Crippen molar-refractivity contribution in [2.24, 2.45) is 0 Å². The van der Waals surface area contributed by atoms with Gasteiger partial charge >= 0.3 is 6.03 Å². The Morgan fingerprint density at radius 2 is 2.00 bits per heavy atom. The molecule has 4 nitrogen and oxygen atoms in total. The maximum Gasteiger partial charge on any atom is 0.319 e. The van der Waals surface area contributed by atoms with Crippen LogP contribution < -0.4 is 15.5 Å². The zero-order valence-electron chi connectivity index (χ0n) is 15.7. The van der Waals surface area contributed by atoms with Crippen LogP contribution in [-0.4, -0.2) is 19.1 Å². The molecule has 0 saturated heterocycles. The number of hydrogen-bond acceptors (Lipinski definition) is 3. The molecular weight excluding hydrogens is 354 g/mol. The zero-order chi connectivity index (χ0) is 18.5. The minimum atomic E-state index is -0.125. The average Bonchev–Trinajstić information content (AvgIpc) is 3.17. The molecule has 1 aliphatic carbocycles. The molecule has 27 heavy (non-hydrogen) atoms. The summed E-state index contributed by atoms with van der Waals surface area (Å²) >= 11 is 1.86. The Kier molecular flexibility index (Phi) is 5.78. The van der Waals surface area contributed by atoms with Gasteiger partial charge in [0.2, 0.25) is 0 Å². The fraction of sp³-hybridized carbons (Fsp3) is 0.409. The molecule has 2 aromatic rings. The van der Waals surface area contributed by atoms with Gasteiger partial charge in [-0.2, -0.15) is 0 Å². The highest BCUT2D eigenvalue weighted by molar-refractivity contribution is 7.10. The lowest BCUT2D eigenvalue weighted by Crippen LogP contribution is -2.30. The van der Waals surface area contributed by atoms with Gasteiger partial charge in [-0.1, -0.05) is 11.6 Å². The molecule has 0 saturated carbocycles. The Morgan fingerprint density at radius 1 is 1.11 bits per heavy atom. The van der Waals surface area contributed by atoms with E-state index in [-0.39, 0.29) is 6.03 Å². The van der Waals surface area contributed by atoms with Crippen LogP contribution in [0.3, 0.4) is 0 Å². The third kappa shape index (κ3) is 4.72. The number of amides is 2. The summed E-state index contributed by atoms with van der Waals surface area (Å²) in [5.41, 5.74) is 4.98. The third-order valence-electron chi connectivity index (χ3n) is 5.41. The SMILES string of the molecule is O=C(NCCC1=CCCCC1)Nc1ccc(N2CCc3sccc3C2)cc1. The van der Waals surface area contributed by atoms with Crippen LogP contribution in [0.15, 0.2) is 47.4 Å². The van der Waals surface area contributed by atoms with Gasteiger partial charge in [0.25, 0.3) is 0 Å². The number of hydrogen-bond donors (Lipinski definition) is 2. The lowest BCUT2D eigenvalue weighted by atomic mass is 9.97. The topological polar surface area (TPSA) is 44.4 Å². The van der Waals surface area contributed by atoms with Gasteiger partial charge in [0.1, 0.15) is 0 Å². The molecule has 1 aromatic carbocycles. The van der Waals surface area contributed by atoms with Gasteiger partial charge < -0.3 is 15.5 Å². The standard InChI is InChI=1S/C22H27N3OS/c26-22(23-13-10-17-4-2-1-3-5-17)24-19-6-8-20(9-7-19)25-14-11-21-18(16-25)12-15-27-21/h4,6-9,12,15H,1-3,5,10-11,13-14,16H2,(H2,23,24,26). The molecule has 142 valence electrons. The molecule has 0 atom stereocenters. The van der Waals surface area contributed by atoms with Crippen LogP contribution in [-0.2, 0) is 13.0 Å². The van der Waals surface area contributed by atoms with Gasteiger partial charge in [-0.05, 0) is 79.8 Å². The van der Waals surface area contributed by atoms with Crippen LogP contribution in [0.5, 0.6) is 0 Å². The van der Waals surface area contributed by atoms with Crippen molar-refractivity contribution in [3.05, 3.63) is 57.8 Å². The van der Waals surface area contributed by atoms with Crippen molar-refractivity contribution in [1.82, 2.24) is 5.32 Å². The molecule has 0 spiro atoms. The number of anilines is 2. The predicted molar refractivity (Wildman–Crippen MR) is 114 cm³/mol. The summed E-state index contributed by atoms with van der Waals surface area (Å²) in [5, 5.41) is 8.08. The summed E-state index contributed by atoms with van der Waals surface area (Å²) in [7, 11) is 0. The molecule has 1 aliphatic heterocycles. The van der Waals surface area contributed by atoms with Crippen molar-refractivity contribution in [3.63, 3.8) is 0 Å². The van der Waals surface area contributed by atoms with E-state index in [0.29, 0.717) is 6.54 Å². The van der Waals surface area contributed by atoms with E-state index in [1.807, 2.05) is 23.5 Å². The summed E-state index contributed by atoms with van der Waals surface area (Å²) < 4.78 is 0. The van der Waals surface area contributed by atoms with Gasteiger partial charge in [0, 0.05) is 35.9 Å². The highest BCUT2D eigenvalue weighted by Gasteiger charge is 2.17. The van der Waals surface area contributed by atoms with Gasteiger partial charge in [-0.15, -0.1) is 11.3 Å². The smallest absolute Gasteiger partial charge is 0.319 e. The summed E-state index contributed by atoms with van der Waals surface area (Å²) in [5.74, 6) is 0. The number of benzene rings is 1. The zero-order valence-corrected chi connectivity index (χ0v) is 16.5. The fourth-order valence-electron chi connectivity index (χ4n) is 3.87. The maximum atomic E-state index is 12.1. The van der Waals surface area contributed by atoms with Crippen molar-refractivity contribution >= 4 is 28.7 Å². The second-order valence-electron chi connectivity index (χ2n) is 7.33. The number of fused-ring (bicyclic) bond motifs is 1. The molecule has 2 N–H and O–H groups in total. The molecule has 2 amide bonds. The van der Waals surface area contributed by atoms with Crippen molar-refractivity contribution in [1.29, 1.82) is 0 Å². The predicted octanol–water partition coefficient (Wildman–Crippen LogP) is 5.32. The first-order valence-corrected chi connectivity index (χ1v) is 10.8. The molecule has 0 fully saturated rings. The van der Waals surface area contributed by atoms with Crippen molar-refractivity contribution in [2.45, 2.75) is 45.1 Å². The highest BCUT2D eigenvalue weighted by Crippen LogP contribution is 2.28. The molecule has 2 aliphatic rings. The Morgan fingerprint density at radius 3 is 2.81 bits per heavy atom. The molecule has 0 unspecified atom stereocenters. The summed E-state index contributed by atoms with van der Waals surface area (Å²) in [6.07, 6.45) is 9.39. The van der Waals surface area contributed by atoms with Gasteiger partial charge in [0.15, 0.2) is 0 Å². The Bertz CT molecular complexity index is 809. The number of nitrogens with one attached hydrogen (secondary N) is 2. The maximum absolute atomic E-state index is 12.1. The lowest BCUT2D eigenvalue weighted by Gasteiger charge is -2.29. The molecule has 0 bridgehead atoms. The molecular formula is C22H27N3OS. The fourth-order valence-corrected chi connectivity index (χ4v) is 4.76. The largest absolute Gasteiger partial charge is 0.367 e. The number of carbonyl (C=O) groups is 1. The highest BCUT2D eigenvalue weighted by atomic mass is 32.1. The molecule has 0 radical (unpaired) electrons. The first-order valence-electron chi connectivity index (χ1n) is 9.91. The Balaban J connectivity index is 1.25. The molecule has 5 heteroatoms. The normalized spacial score (nSPS) is 16.4. The van der Waals surface area contributed by atoms with E-state index in [4.69, 9.17) is 0 Å². The molecule has 2 heterocycles. The van der Waals surface area contributed by atoms with E-state index in [2.05, 4.69) is 45.2 Å². The summed E-state index contributed by atoms with van der Waals surface area (Å²) in [6.45, 7) is 2.73. The Hall–Kier alpha value is -2.27. The van der Waals surface area contributed by atoms with Crippen LogP contribution in [0.2, 0.25) is 0 Å². The van der Waals surface area contributed by atoms with Crippen LogP contribution in [0, 0.1) is 0 Å². The van der Waals surface area contributed by atoms with Crippen molar-refractivity contribution in [2.75, 3.05) is 23.3 Å². The van der Waals surface area contributed by atoms with Crippen LogP contribution in [0.4, 0.5) is 16.2 Å². The lowest BCUT2D eigenvalue weighted by molar-refractivity contribution is 0.252. The van der Waals surface area contributed by atoms with E-state index in [0.717, 1.165) is 31.6 Å². The quantitative estimate of drug-likeness (QED) is 0.688. The van der Waals surface area contributed by atoms with Crippen molar-refractivity contribution < 1.29 is 4.79 Å². The van der Waals surface area contributed by atoms with E-state index >= 15 is 0 Å². The number of rotatable bonds is 5. The second-order valence-corrected chi connectivity index (χ2v) is 8.33. The number of carbonyl (C=O) groups excluding carboxylic acids is 1. The van der Waals surface area contributed by atoms with Crippen LogP contribution in [0.25, 0.3) is 0 Å². The van der Waals surface area contributed by atoms with E-state index < -0.39 is 0 Å². The Labute approximate surface area is 165 Å². The number of urea groups is 1. The third-order valence-corrected chi connectivity index (χ3v) is 6.44. The van der Waals surface area contributed by atoms with Gasteiger partial charge in [-0.25, -0.2) is 4.79 Å².